The van der Waals surface area contributed by atoms with Gasteiger partial charge in [-0.15, -0.1) is 0 Å². The number of nitrogens with one attached hydrogen (secondary N) is 1. The predicted octanol–water partition coefficient (Wildman–Crippen LogP) is 0.559. The third-order valence-corrected chi connectivity index (χ3v) is 3.50. The van der Waals surface area contributed by atoms with Crippen molar-refractivity contribution in [3.8, 4) is 0 Å². The maximum Gasteiger partial charge on any atom is 0.491 e. The minimum atomic E-state index is -0.685. The molecule has 0 unspecified atom stereocenters. The molecule has 0 aliphatic carbocycles. The molecule has 0 aliphatic rings. The van der Waals surface area contributed by atoms with Gasteiger partial charge in [0.05, 0.1) is 11.2 Å². The number of hydrogen-bond acceptors (Lipinski definition) is 7. The molecule has 0 spiro atoms. The SMILES string of the molecule is O=C(NCCCn1cc(Cl)cn1)c1ccn(Cn2cnc([N+](=O)[O-])n2)n1. The maximum absolute atomic E-state index is 12.1. The largest absolute Gasteiger partial charge is 0.491 e. The summed E-state index contributed by atoms with van der Waals surface area (Å²) in [4.78, 5) is 25.5. The molecule has 3 aromatic heterocycles. The first-order valence-corrected chi connectivity index (χ1v) is 7.92. The number of amides is 1. The Bertz CT molecular complexity index is 916. The average Bonchev–Trinajstić information content (AvgIpc) is 3.33. The van der Waals surface area contributed by atoms with Gasteiger partial charge in [0, 0.05) is 30.6 Å². The molecule has 0 aliphatic heterocycles. The first-order chi connectivity index (χ1) is 12.5. The van der Waals surface area contributed by atoms with E-state index in [-0.39, 0.29) is 18.3 Å². The number of carbonyl (C=O) groups is 1. The molecular weight excluding hydrogens is 366 g/mol. The van der Waals surface area contributed by atoms with Crippen LogP contribution in [0.15, 0.2) is 31.0 Å². The second-order valence-electron chi connectivity index (χ2n) is 5.25. The van der Waals surface area contributed by atoms with E-state index in [0.717, 1.165) is 0 Å². The summed E-state index contributed by atoms with van der Waals surface area (Å²) in [6.07, 6.45) is 6.75. The standard InChI is InChI=1S/C13H14ClN9O3/c14-10-6-17-20(7-10)4-1-3-15-12(24)11-2-5-21(18-11)9-22-8-16-13(19-22)23(25)26/h2,5-8H,1,3-4,9H2,(H,15,24). The molecule has 0 radical (unpaired) electrons. The smallest absolute Gasteiger partial charge is 0.390 e. The van der Waals surface area contributed by atoms with E-state index in [1.165, 1.54) is 15.7 Å². The van der Waals surface area contributed by atoms with Gasteiger partial charge in [-0.2, -0.15) is 14.9 Å². The molecule has 0 bridgehead atoms. The van der Waals surface area contributed by atoms with E-state index in [0.29, 0.717) is 24.5 Å². The molecule has 0 saturated carbocycles. The van der Waals surface area contributed by atoms with E-state index in [9.17, 15) is 14.9 Å². The second kappa shape index (κ2) is 7.74. The molecule has 0 aromatic carbocycles. The maximum atomic E-state index is 12.1. The first-order valence-electron chi connectivity index (χ1n) is 7.55. The monoisotopic (exact) mass is 379 g/mol. The Hall–Kier alpha value is -3.28. The minimum Gasteiger partial charge on any atom is -0.390 e. The van der Waals surface area contributed by atoms with Crippen LogP contribution in [0.25, 0.3) is 0 Å². The Kier molecular flexibility index (Phi) is 5.22. The van der Waals surface area contributed by atoms with Gasteiger partial charge in [0.25, 0.3) is 5.91 Å². The Morgan fingerprint density at radius 2 is 2.15 bits per heavy atom. The van der Waals surface area contributed by atoms with Crippen LogP contribution in [0, 0.1) is 10.1 Å². The highest BCUT2D eigenvalue weighted by atomic mass is 35.5. The van der Waals surface area contributed by atoms with E-state index in [2.05, 4.69) is 25.6 Å². The van der Waals surface area contributed by atoms with Gasteiger partial charge in [0.2, 0.25) is 6.33 Å². The molecule has 3 rings (SSSR count). The highest BCUT2D eigenvalue weighted by Crippen LogP contribution is 2.05. The summed E-state index contributed by atoms with van der Waals surface area (Å²) < 4.78 is 4.38. The van der Waals surface area contributed by atoms with Crippen molar-refractivity contribution in [2.24, 2.45) is 0 Å². The molecular formula is C13H14ClN9O3. The highest BCUT2D eigenvalue weighted by Gasteiger charge is 2.14. The number of aryl methyl sites for hydroxylation is 1. The highest BCUT2D eigenvalue weighted by molar-refractivity contribution is 6.30. The summed E-state index contributed by atoms with van der Waals surface area (Å²) in [6, 6.07) is 1.55. The number of rotatable bonds is 8. The molecule has 3 aromatic rings. The van der Waals surface area contributed by atoms with Gasteiger partial charge >= 0.3 is 5.95 Å². The van der Waals surface area contributed by atoms with Gasteiger partial charge < -0.3 is 15.4 Å². The zero-order chi connectivity index (χ0) is 18.5. The van der Waals surface area contributed by atoms with E-state index in [1.807, 2.05) is 0 Å². The number of hydrogen-bond donors (Lipinski definition) is 1. The van der Waals surface area contributed by atoms with Crippen LogP contribution in [0.2, 0.25) is 5.02 Å². The van der Waals surface area contributed by atoms with Crippen LogP contribution in [0.3, 0.4) is 0 Å². The minimum absolute atomic E-state index is 0.105. The van der Waals surface area contributed by atoms with Crippen LogP contribution in [-0.4, -0.2) is 51.7 Å². The first kappa shape index (κ1) is 17.5. The summed E-state index contributed by atoms with van der Waals surface area (Å²) in [5, 5.41) is 25.7. The third-order valence-electron chi connectivity index (χ3n) is 3.30. The summed E-state index contributed by atoms with van der Waals surface area (Å²) >= 11 is 5.77. The van der Waals surface area contributed by atoms with Crippen molar-refractivity contribution in [2.75, 3.05) is 6.54 Å². The summed E-state index contributed by atoms with van der Waals surface area (Å²) in [6.45, 7) is 1.19. The lowest BCUT2D eigenvalue weighted by Gasteiger charge is -2.03. The molecule has 0 saturated heterocycles. The van der Waals surface area contributed by atoms with Gasteiger partial charge in [-0.25, -0.2) is 4.68 Å². The van der Waals surface area contributed by atoms with Crippen LogP contribution in [0.5, 0.6) is 0 Å². The fourth-order valence-electron chi connectivity index (χ4n) is 2.14. The predicted molar refractivity (Wildman–Crippen MR) is 88.5 cm³/mol. The number of carbonyl (C=O) groups excluding carboxylic acids is 1. The number of halogens is 1. The zero-order valence-electron chi connectivity index (χ0n) is 13.4. The van der Waals surface area contributed by atoms with Gasteiger partial charge in [-0.1, -0.05) is 16.6 Å². The number of aromatic nitrogens is 7. The summed E-state index contributed by atoms with van der Waals surface area (Å²) in [5.74, 6) is -0.805. The van der Waals surface area contributed by atoms with Crippen LogP contribution < -0.4 is 5.32 Å². The van der Waals surface area contributed by atoms with Gasteiger partial charge in [0.15, 0.2) is 6.67 Å². The lowest BCUT2D eigenvalue weighted by molar-refractivity contribution is -0.394. The van der Waals surface area contributed by atoms with E-state index in [1.54, 1.807) is 29.3 Å². The molecule has 1 amide bonds. The molecule has 13 heteroatoms. The van der Waals surface area contributed by atoms with Gasteiger partial charge in [-0.3, -0.25) is 9.48 Å². The van der Waals surface area contributed by atoms with E-state index < -0.39 is 10.9 Å². The Morgan fingerprint density at radius 1 is 1.31 bits per heavy atom. The summed E-state index contributed by atoms with van der Waals surface area (Å²) in [7, 11) is 0. The molecule has 136 valence electrons. The fourth-order valence-corrected chi connectivity index (χ4v) is 2.30. The van der Waals surface area contributed by atoms with Crippen molar-refractivity contribution in [3.63, 3.8) is 0 Å². The third kappa shape index (κ3) is 4.42. The van der Waals surface area contributed by atoms with Crippen molar-refractivity contribution in [3.05, 3.63) is 51.8 Å². The number of nitro groups is 1. The quantitative estimate of drug-likeness (QED) is 0.342. The fraction of sp³-hybridized carbons (Fsp3) is 0.308. The van der Waals surface area contributed by atoms with Gasteiger partial charge in [-0.05, 0) is 17.4 Å². The van der Waals surface area contributed by atoms with Crippen molar-refractivity contribution < 1.29 is 9.72 Å². The normalized spacial score (nSPS) is 10.8. The number of nitrogens with zero attached hydrogens (tertiary/aromatic N) is 8. The van der Waals surface area contributed by atoms with Crippen molar-refractivity contribution in [1.82, 2.24) is 39.6 Å². The average molecular weight is 380 g/mol. The molecule has 1 N–H and O–H groups in total. The molecule has 0 atom stereocenters. The molecule has 0 fully saturated rings. The van der Waals surface area contributed by atoms with Crippen LogP contribution >= 0.6 is 11.6 Å². The van der Waals surface area contributed by atoms with E-state index in [4.69, 9.17) is 11.6 Å². The van der Waals surface area contributed by atoms with E-state index >= 15 is 0 Å². The van der Waals surface area contributed by atoms with Crippen molar-refractivity contribution >= 4 is 23.5 Å². The molecule has 26 heavy (non-hydrogen) atoms. The molecule has 3 heterocycles. The second-order valence-corrected chi connectivity index (χ2v) is 5.69. The van der Waals surface area contributed by atoms with Gasteiger partial charge in [0.1, 0.15) is 5.69 Å². The van der Waals surface area contributed by atoms with Crippen LogP contribution in [0.1, 0.15) is 16.9 Å². The lowest BCUT2D eigenvalue weighted by atomic mass is 10.3. The summed E-state index contributed by atoms with van der Waals surface area (Å²) in [5.41, 5.74) is 0.238. The van der Waals surface area contributed by atoms with Crippen LogP contribution in [-0.2, 0) is 13.2 Å². The Balaban J connectivity index is 1.47. The van der Waals surface area contributed by atoms with Crippen molar-refractivity contribution in [2.45, 2.75) is 19.6 Å². The van der Waals surface area contributed by atoms with Crippen molar-refractivity contribution in [1.29, 1.82) is 0 Å². The zero-order valence-corrected chi connectivity index (χ0v) is 14.2. The Morgan fingerprint density at radius 3 is 2.85 bits per heavy atom. The lowest BCUT2D eigenvalue weighted by Crippen LogP contribution is -2.26. The van der Waals surface area contributed by atoms with Crippen LogP contribution in [0.4, 0.5) is 5.95 Å². The Labute approximate surface area is 151 Å². The topological polar surface area (TPSA) is 139 Å². The molecule has 12 nitrogen and oxygen atoms in total.